The van der Waals surface area contributed by atoms with Gasteiger partial charge in [0.05, 0.1) is 40.1 Å². The van der Waals surface area contributed by atoms with E-state index in [-0.39, 0.29) is 11.3 Å². The number of aliphatic hydroxyl groups excluding tert-OH is 1. The van der Waals surface area contributed by atoms with Crippen LogP contribution in [0.5, 0.6) is 23.0 Å². The van der Waals surface area contributed by atoms with Crippen LogP contribution in [0.4, 0.5) is 5.69 Å². The normalized spacial score (nSPS) is 16.6. The van der Waals surface area contributed by atoms with Gasteiger partial charge in [-0.2, -0.15) is 0 Å². The highest BCUT2D eigenvalue weighted by Gasteiger charge is 2.47. The van der Waals surface area contributed by atoms with E-state index in [1.54, 1.807) is 43.5 Å². The third kappa shape index (κ3) is 4.46. The van der Waals surface area contributed by atoms with E-state index in [1.807, 2.05) is 32.0 Å². The summed E-state index contributed by atoms with van der Waals surface area (Å²) in [6, 6.07) is 14.7. The molecule has 3 aromatic rings. The molecule has 0 aromatic heterocycles. The number of carbonyl (C=O) groups excluding carboxylic acids is 2. The molecule has 4 rings (SSSR count). The number of nitrogens with zero attached hydrogens (tertiary/aromatic N) is 1. The first-order valence-corrected chi connectivity index (χ1v) is 11.6. The van der Waals surface area contributed by atoms with E-state index >= 15 is 0 Å². The van der Waals surface area contributed by atoms with E-state index in [4.69, 9.17) is 18.9 Å². The largest absolute Gasteiger partial charge is 0.507 e. The van der Waals surface area contributed by atoms with Crippen molar-refractivity contribution in [3.05, 3.63) is 82.4 Å². The first kappa shape index (κ1) is 25.6. The number of rotatable bonds is 7. The predicted octanol–water partition coefficient (Wildman–Crippen LogP) is 4.96. The van der Waals surface area contributed by atoms with Crippen molar-refractivity contribution in [2.75, 3.05) is 33.3 Å². The summed E-state index contributed by atoms with van der Waals surface area (Å²) >= 11 is 0. The van der Waals surface area contributed by atoms with Gasteiger partial charge in [-0.25, -0.2) is 0 Å². The molecule has 1 aliphatic heterocycles. The number of hydrogen-bond donors (Lipinski definition) is 1. The minimum absolute atomic E-state index is 0.0506. The molecule has 1 heterocycles. The summed E-state index contributed by atoms with van der Waals surface area (Å²) in [4.78, 5) is 28.3. The molecule has 1 fully saturated rings. The van der Waals surface area contributed by atoms with E-state index in [1.165, 1.54) is 26.2 Å². The number of aliphatic hydroxyl groups is 1. The van der Waals surface area contributed by atoms with Crippen molar-refractivity contribution in [2.45, 2.75) is 19.9 Å². The van der Waals surface area contributed by atoms with Crippen LogP contribution in [0, 0.1) is 13.8 Å². The minimum atomic E-state index is -0.960. The molecule has 0 spiro atoms. The fourth-order valence-electron chi connectivity index (χ4n) is 4.63. The SMILES string of the molecule is COc1ccc(/C(O)=C2\C(=O)C(=O)N(c3cccc(C)c3)C2c2cc(OC)c(OC)c(OC)c2)cc1C. The van der Waals surface area contributed by atoms with Gasteiger partial charge in [0.15, 0.2) is 11.5 Å². The Bertz CT molecular complexity index is 1380. The molecule has 8 nitrogen and oxygen atoms in total. The number of carbonyl (C=O) groups is 2. The first-order valence-electron chi connectivity index (χ1n) is 11.6. The molecule has 8 heteroatoms. The van der Waals surface area contributed by atoms with Gasteiger partial charge in [-0.05, 0) is 73.0 Å². The summed E-state index contributed by atoms with van der Waals surface area (Å²) < 4.78 is 21.8. The Morgan fingerprint density at radius 2 is 1.46 bits per heavy atom. The quantitative estimate of drug-likeness (QED) is 0.277. The van der Waals surface area contributed by atoms with Crippen LogP contribution in [-0.4, -0.2) is 45.2 Å². The van der Waals surface area contributed by atoms with Gasteiger partial charge in [0.1, 0.15) is 11.5 Å². The lowest BCUT2D eigenvalue weighted by Crippen LogP contribution is -2.29. The topological polar surface area (TPSA) is 94.5 Å². The number of amides is 1. The second kappa shape index (κ2) is 10.3. The summed E-state index contributed by atoms with van der Waals surface area (Å²) in [6.45, 7) is 3.73. The first-order chi connectivity index (χ1) is 17.7. The molecule has 1 saturated heterocycles. The summed E-state index contributed by atoms with van der Waals surface area (Å²) in [5.74, 6) is -0.135. The molecule has 1 unspecified atom stereocenters. The van der Waals surface area contributed by atoms with E-state index in [0.29, 0.717) is 39.8 Å². The summed E-state index contributed by atoms with van der Waals surface area (Å²) in [7, 11) is 6.02. The number of ketones is 1. The molecule has 0 saturated carbocycles. The molecular formula is C29H29NO7. The van der Waals surface area contributed by atoms with Gasteiger partial charge in [-0.15, -0.1) is 0 Å². The van der Waals surface area contributed by atoms with Crippen LogP contribution < -0.4 is 23.8 Å². The molecule has 0 radical (unpaired) electrons. The van der Waals surface area contributed by atoms with Crippen molar-refractivity contribution < 1.29 is 33.6 Å². The average Bonchev–Trinajstić information content (AvgIpc) is 3.17. The van der Waals surface area contributed by atoms with Crippen LogP contribution in [0.25, 0.3) is 5.76 Å². The molecule has 1 amide bonds. The van der Waals surface area contributed by atoms with Crippen molar-refractivity contribution in [3.8, 4) is 23.0 Å². The van der Waals surface area contributed by atoms with E-state index in [9.17, 15) is 14.7 Å². The van der Waals surface area contributed by atoms with Crippen molar-refractivity contribution in [3.63, 3.8) is 0 Å². The molecule has 1 atom stereocenters. The number of benzene rings is 3. The highest BCUT2D eigenvalue weighted by Crippen LogP contribution is 2.47. The average molecular weight is 504 g/mol. The van der Waals surface area contributed by atoms with Crippen LogP contribution in [0.2, 0.25) is 0 Å². The molecule has 3 aromatic carbocycles. The van der Waals surface area contributed by atoms with Gasteiger partial charge >= 0.3 is 0 Å². The lowest BCUT2D eigenvalue weighted by Gasteiger charge is -2.27. The molecule has 192 valence electrons. The second-order valence-electron chi connectivity index (χ2n) is 8.65. The van der Waals surface area contributed by atoms with Crippen LogP contribution in [0.15, 0.2) is 60.2 Å². The number of hydrogen-bond acceptors (Lipinski definition) is 7. The van der Waals surface area contributed by atoms with Gasteiger partial charge in [-0.1, -0.05) is 12.1 Å². The van der Waals surface area contributed by atoms with Gasteiger partial charge in [0, 0.05) is 11.3 Å². The highest BCUT2D eigenvalue weighted by molar-refractivity contribution is 6.51. The zero-order chi connectivity index (χ0) is 26.9. The van der Waals surface area contributed by atoms with E-state index < -0.39 is 17.7 Å². The third-order valence-electron chi connectivity index (χ3n) is 6.40. The smallest absolute Gasteiger partial charge is 0.300 e. The van der Waals surface area contributed by atoms with Crippen molar-refractivity contribution in [2.24, 2.45) is 0 Å². The molecule has 0 aliphatic carbocycles. The van der Waals surface area contributed by atoms with Gasteiger partial charge < -0.3 is 24.1 Å². The molecule has 0 bridgehead atoms. The summed E-state index contributed by atoms with van der Waals surface area (Å²) in [6.07, 6.45) is 0. The van der Waals surface area contributed by atoms with Crippen LogP contribution in [0.3, 0.4) is 0 Å². The second-order valence-corrected chi connectivity index (χ2v) is 8.65. The lowest BCUT2D eigenvalue weighted by molar-refractivity contribution is -0.132. The summed E-state index contributed by atoms with van der Waals surface area (Å²) in [5, 5.41) is 11.5. The Labute approximate surface area is 215 Å². The van der Waals surface area contributed by atoms with E-state index in [0.717, 1.165) is 11.1 Å². The third-order valence-corrected chi connectivity index (χ3v) is 6.40. The molecular weight excluding hydrogens is 474 g/mol. The molecule has 1 aliphatic rings. The number of methoxy groups -OCH3 is 4. The van der Waals surface area contributed by atoms with Crippen LogP contribution in [-0.2, 0) is 9.59 Å². The fourth-order valence-corrected chi connectivity index (χ4v) is 4.63. The fraction of sp³-hybridized carbons (Fsp3) is 0.241. The Balaban J connectivity index is 2.02. The summed E-state index contributed by atoms with van der Waals surface area (Å²) in [5.41, 5.74) is 3.04. The predicted molar refractivity (Wildman–Crippen MR) is 140 cm³/mol. The van der Waals surface area contributed by atoms with E-state index in [2.05, 4.69) is 0 Å². The number of ether oxygens (including phenoxy) is 4. The van der Waals surface area contributed by atoms with Gasteiger partial charge in [0.2, 0.25) is 5.75 Å². The van der Waals surface area contributed by atoms with Gasteiger partial charge in [0.25, 0.3) is 11.7 Å². The Kier molecular flexibility index (Phi) is 7.11. The monoisotopic (exact) mass is 503 g/mol. The van der Waals surface area contributed by atoms with Crippen molar-refractivity contribution >= 4 is 23.1 Å². The standard InChI is InChI=1S/C29H29NO7/c1-16-8-7-9-20(12-16)30-25(19-14-22(35-4)28(37-6)23(15-19)36-5)24(27(32)29(30)33)26(31)18-10-11-21(34-3)17(2)13-18/h7-15,25,31H,1-6H3/b26-24+. The number of aryl methyl sites for hydroxylation is 2. The van der Waals surface area contributed by atoms with Crippen molar-refractivity contribution in [1.82, 2.24) is 0 Å². The maximum atomic E-state index is 13.5. The molecule has 37 heavy (non-hydrogen) atoms. The lowest BCUT2D eigenvalue weighted by atomic mass is 9.94. The zero-order valence-corrected chi connectivity index (χ0v) is 21.6. The minimum Gasteiger partial charge on any atom is -0.507 e. The van der Waals surface area contributed by atoms with Crippen molar-refractivity contribution in [1.29, 1.82) is 0 Å². The maximum absolute atomic E-state index is 13.5. The Morgan fingerprint density at radius 1 is 0.811 bits per heavy atom. The number of Topliss-reactive ketones (excluding diaryl/α,β-unsaturated/α-hetero) is 1. The molecule has 1 N–H and O–H groups in total. The number of anilines is 1. The van der Waals surface area contributed by atoms with Crippen LogP contribution in [0.1, 0.15) is 28.3 Å². The highest BCUT2D eigenvalue weighted by atomic mass is 16.5. The van der Waals surface area contributed by atoms with Gasteiger partial charge in [-0.3, -0.25) is 14.5 Å². The van der Waals surface area contributed by atoms with Crippen LogP contribution >= 0.6 is 0 Å². The zero-order valence-electron chi connectivity index (χ0n) is 21.6. The Hall–Kier alpha value is -4.46. The maximum Gasteiger partial charge on any atom is 0.300 e. The Morgan fingerprint density at radius 3 is 2.00 bits per heavy atom.